The lowest BCUT2D eigenvalue weighted by molar-refractivity contribution is -0.571. The summed E-state index contributed by atoms with van der Waals surface area (Å²) in [5.74, 6) is -1.92. The fourth-order valence-corrected chi connectivity index (χ4v) is 7.03. The Hall–Kier alpha value is -3.18. The Morgan fingerprint density at radius 3 is 2.60 bits per heavy atom. The van der Waals surface area contributed by atoms with Crippen molar-refractivity contribution in [2.45, 2.75) is 70.4 Å². The van der Waals surface area contributed by atoms with Crippen molar-refractivity contribution in [2.75, 3.05) is 6.61 Å². The van der Waals surface area contributed by atoms with Crippen LogP contribution in [0.4, 0.5) is 8.78 Å². The van der Waals surface area contributed by atoms with E-state index in [1.165, 1.54) is 18.2 Å². The molecule has 1 saturated carbocycles. The zero-order valence-electron chi connectivity index (χ0n) is 23.8. The van der Waals surface area contributed by atoms with Gasteiger partial charge in [-0.3, -0.25) is 9.59 Å². The molecule has 8 atom stereocenters. The molecule has 1 N–H and O–H groups in total. The molecule has 224 valence electrons. The molecule has 5 fully saturated rings. The van der Waals surface area contributed by atoms with Crippen LogP contribution in [-0.2, 0) is 24.0 Å². The number of nitrogens with one attached hydrogen (secondary N) is 1. The summed E-state index contributed by atoms with van der Waals surface area (Å²) < 4.78 is 45.3. The number of hydrogen-bond donors (Lipinski definition) is 1. The number of allylic oxidation sites excluding steroid dienone is 1. The fourth-order valence-electron chi connectivity index (χ4n) is 7.03. The Morgan fingerprint density at radius 2 is 1.83 bits per heavy atom. The summed E-state index contributed by atoms with van der Waals surface area (Å²) in [6, 6.07) is 9.39. The monoisotopic (exact) mass is 583 g/mol. The molecule has 7 rings (SSSR count). The third kappa shape index (κ3) is 5.25. The molecule has 0 aromatic heterocycles. The Morgan fingerprint density at radius 1 is 1.05 bits per heavy atom. The van der Waals surface area contributed by atoms with Gasteiger partial charge < -0.3 is 19.5 Å². The highest BCUT2D eigenvalue weighted by Crippen LogP contribution is 2.60. The molecule has 4 heterocycles. The summed E-state index contributed by atoms with van der Waals surface area (Å²) in [6.45, 7) is 5.93. The number of rotatable bonds is 7. The van der Waals surface area contributed by atoms with Crippen LogP contribution in [0.2, 0.25) is 0 Å². The quantitative estimate of drug-likeness (QED) is 0.259. The Labute approximate surface area is 243 Å². The van der Waals surface area contributed by atoms with Crippen LogP contribution in [0.15, 0.2) is 48.5 Å². The number of ether oxygens (including phenoxy) is 3. The third-order valence-electron chi connectivity index (χ3n) is 9.35. The predicted octanol–water partition coefficient (Wildman–Crippen LogP) is 5.56. The van der Waals surface area contributed by atoms with Gasteiger partial charge in [-0.05, 0) is 86.6 Å². The maximum Gasteiger partial charge on any atom is 0.259 e. The maximum absolute atomic E-state index is 13.8. The van der Waals surface area contributed by atoms with Gasteiger partial charge in [0.2, 0.25) is 5.79 Å². The predicted molar refractivity (Wildman–Crippen MR) is 147 cm³/mol. The molecule has 1 spiro atoms. The highest BCUT2D eigenvalue weighted by Gasteiger charge is 2.69. The van der Waals surface area contributed by atoms with Crippen molar-refractivity contribution >= 4 is 17.8 Å². The van der Waals surface area contributed by atoms with E-state index in [0.717, 1.165) is 31.4 Å². The number of carbonyl (C=O) groups is 2. The van der Waals surface area contributed by atoms with Crippen molar-refractivity contribution in [1.82, 2.24) is 5.32 Å². The molecule has 5 aliphatic rings. The largest absolute Gasteiger partial charge is 0.484 e. The lowest BCUT2D eigenvalue weighted by atomic mass is 9.58. The van der Waals surface area contributed by atoms with Crippen LogP contribution in [0, 0.1) is 35.3 Å². The van der Waals surface area contributed by atoms with Gasteiger partial charge in [-0.15, -0.1) is 0 Å². The number of hydrogen-bond acceptors (Lipinski definition) is 7. The zero-order chi connectivity index (χ0) is 29.6. The molecular formula is C32H35F2NO7. The first kappa shape index (κ1) is 28.9. The summed E-state index contributed by atoms with van der Waals surface area (Å²) in [4.78, 5) is 37.4. The van der Waals surface area contributed by atoms with E-state index in [9.17, 15) is 18.4 Å². The molecule has 42 heavy (non-hydrogen) atoms. The highest BCUT2D eigenvalue weighted by molar-refractivity contribution is 6.06. The third-order valence-corrected chi connectivity index (χ3v) is 9.35. The van der Waals surface area contributed by atoms with Gasteiger partial charge in [-0.2, -0.15) is 0 Å². The van der Waals surface area contributed by atoms with Crippen LogP contribution in [0.1, 0.15) is 62.4 Å². The van der Waals surface area contributed by atoms with Crippen LogP contribution in [0.5, 0.6) is 5.75 Å². The molecule has 2 aromatic carbocycles. The van der Waals surface area contributed by atoms with E-state index in [1.54, 1.807) is 24.3 Å². The number of ketones is 1. The number of halogens is 2. The first-order chi connectivity index (χ1) is 20.1. The van der Waals surface area contributed by atoms with E-state index in [0.29, 0.717) is 23.7 Å². The summed E-state index contributed by atoms with van der Waals surface area (Å²) in [6.07, 6.45) is 4.89. The molecule has 1 aliphatic carbocycles. The molecular weight excluding hydrogens is 548 g/mol. The van der Waals surface area contributed by atoms with Crippen LogP contribution in [-0.4, -0.2) is 42.2 Å². The maximum atomic E-state index is 13.8. The second-order valence-corrected chi connectivity index (χ2v) is 12.1. The molecule has 4 aliphatic heterocycles. The van der Waals surface area contributed by atoms with Crippen molar-refractivity contribution in [3.05, 3.63) is 71.3 Å². The van der Waals surface area contributed by atoms with E-state index in [2.05, 4.69) is 19.2 Å². The van der Waals surface area contributed by atoms with Gasteiger partial charge >= 0.3 is 0 Å². The van der Waals surface area contributed by atoms with Crippen molar-refractivity contribution in [1.29, 1.82) is 0 Å². The first-order valence-electron chi connectivity index (χ1n) is 14.5. The average molecular weight is 584 g/mol. The van der Waals surface area contributed by atoms with Gasteiger partial charge in [0, 0.05) is 35.4 Å². The Bertz CT molecular complexity index is 1380. The zero-order valence-corrected chi connectivity index (χ0v) is 23.8. The van der Waals surface area contributed by atoms with Crippen molar-refractivity contribution in [2.24, 2.45) is 23.7 Å². The topological polar surface area (TPSA) is 92.3 Å². The highest BCUT2D eigenvalue weighted by atomic mass is 19.1. The van der Waals surface area contributed by atoms with Gasteiger partial charge in [0.15, 0.2) is 24.3 Å². The van der Waals surface area contributed by atoms with Crippen molar-refractivity contribution in [3.8, 4) is 5.75 Å². The second kappa shape index (κ2) is 11.1. The average Bonchev–Trinajstić information content (AvgIpc) is 3.20. The van der Waals surface area contributed by atoms with Crippen LogP contribution in [0.25, 0.3) is 6.08 Å². The molecule has 0 unspecified atom stereocenters. The summed E-state index contributed by atoms with van der Waals surface area (Å²) in [7, 11) is 0. The lowest BCUT2D eigenvalue weighted by Gasteiger charge is -2.60. The van der Waals surface area contributed by atoms with Crippen LogP contribution in [0.3, 0.4) is 0 Å². The van der Waals surface area contributed by atoms with E-state index in [4.69, 9.17) is 24.0 Å². The van der Waals surface area contributed by atoms with Crippen LogP contribution >= 0.6 is 0 Å². The van der Waals surface area contributed by atoms with E-state index in [1.807, 2.05) is 6.92 Å². The summed E-state index contributed by atoms with van der Waals surface area (Å²) in [5, 5.41) is 2.97. The SMILES string of the molecule is C[C@H]1[C@@H](NC(=O)COc2ccc(C(=O)/C=C/c3ccc(F)cc3F)cc2)O[C@@H]2O[C@]3(C)CC[C@H]4[C@H](C)CC[C@@H]1[C@@]24OO3. The van der Waals surface area contributed by atoms with Gasteiger partial charge in [0.1, 0.15) is 23.6 Å². The van der Waals surface area contributed by atoms with Crippen LogP contribution < -0.4 is 10.1 Å². The Balaban J connectivity index is 1.06. The first-order valence-corrected chi connectivity index (χ1v) is 14.5. The van der Waals surface area contributed by atoms with Gasteiger partial charge in [0.05, 0.1) is 0 Å². The molecule has 0 radical (unpaired) electrons. The van der Waals surface area contributed by atoms with E-state index >= 15 is 0 Å². The lowest BCUT2D eigenvalue weighted by Crippen LogP contribution is -2.72. The number of fused-ring (bicyclic) bond motifs is 2. The summed E-state index contributed by atoms with van der Waals surface area (Å²) in [5.41, 5.74) is -0.248. The molecule has 2 aromatic rings. The van der Waals surface area contributed by atoms with Gasteiger partial charge in [0.25, 0.3) is 5.91 Å². The molecule has 8 nitrogen and oxygen atoms in total. The van der Waals surface area contributed by atoms with Gasteiger partial charge in [-0.1, -0.05) is 13.8 Å². The van der Waals surface area contributed by atoms with Crippen molar-refractivity contribution < 1.29 is 42.4 Å². The standard InChI is InChI=1S/C32H35F2NO7/c1-18-4-12-25-19(2)29(39-30-32(25)24(18)14-15-31(3,40-30)41-42-32)35-28(37)17-38-23-10-6-21(7-11-23)27(36)13-8-20-5-9-22(33)16-26(20)34/h5-11,13,16,18-19,24-25,29-30H,4,12,14-15,17H2,1-3H3,(H,35,37)/b13-8+/t18-,19-,24+,25+,29+,30-,31+,32-/m1/s1. The summed E-state index contributed by atoms with van der Waals surface area (Å²) >= 11 is 0. The minimum absolute atomic E-state index is 0.0448. The second-order valence-electron chi connectivity index (χ2n) is 12.1. The molecule has 4 saturated heterocycles. The van der Waals surface area contributed by atoms with E-state index in [-0.39, 0.29) is 41.6 Å². The number of benzene rings is 2. The normalized spacial score (nSPS) is 35.4. The number of carbonyl (C=O) groups excluding carboxylic acids is 2. The van der Waals surface area contributed by atoms with Crippen molar-refractivity contribution in [3.63, 3.8) is 0 Å². The fraction of sp³-hybridized carbons (Fsp3) is 0.500. The number of amides is 1. The van der Waals surface area contributed by atoms with Gasteiger partial charge in [-0.25, -0.2) is 18.6 Å². The minimum atomic E-state index is -0.893. The molecule has 1 amide bonds. The van der Waals surface area contributed by atoms with E-state index < -0.39 is 35.5 Å². The molecule has 10 heteroatoms. The minimum Gasteiger partial charge on any atom is -0.484 e. The smallest absolute Gasteiger partial charge is 0.259 e. The molecule has 2 bridgehead atoms. The Kier molecular flexibility index (Phi) is 7.67.